The number of halogens is 1. The maximum Gasteiger partial charge on any atom is 0.348 e. The number of nitriles is 1. The van der Waals surface area contributed by atoms with Gasteiger partial charge in [0.1, 0.15) is 137 Å². The topological polar surface area (TPSA) is 512 Å². The number of carbonyl (C=O) groups excluding carboxylic acids is 3. The first-order valence-electron chi connectivity index (χ1n) is 20.6. The number of rotatable bonds is 3. The van der Waals surface area contributed by atoms with Gasteiger partial charge in [0.15, 0.2) is 18.2 Å². The van der Waals surface area contributed by atoms with E-state index in [9.17, 15) is 64.8 Å². The summed E-state index contributed by atoms with van der Waals surface area (Å²) < 4.78 is 25.0. The highest BCUT2D eigenvalue weighted by molar-refractivity contribution is 6.14. The number of benzene rings is 5. The van der Waals surface area contributed by atoms with Gasteiger partial charge in [0, 0.05) is 72.3 Å². The van der Waals surface area contributed by atoms with E-state index in [1.807, 2.05) is 0 Å². The molecule has 0 saturated carbocycles. The van der Waals surface area contributed by atoms with Gasteiger partial charge in [-0.25, -0.2) is 14.4 Å². The molecule has 0 saturated heterocycles. The molecule has 0 spiro atoms. The Labute approximate surface area is 435 Å². The smallest absolute Gasteiger partial charge is 0.348 e. The number of aldehydes is 2. The highest BCUT2D eigenvalue weighted by Crippen LogP contribution is 2.44. The molecule has 1 aliphatic heterocycles. The minimum Gasteiger partial charge on any atom is -1.00 e. The Morgan fingerprint density at radius 2 is 0.987 bits per heavy atom. The predicted octanol–water partition coefficient (Wildman–Crippen LogP) is 1.70. The number of phenols is 11. The van der Waals surface area contributed by atoms with Gasteiger partial charge in [-0.05, 0) is 0 Å². The van der Waals surface area contributed by atoms with Crippen LogP contribution < -0.4 is 34.0 Å². The molecule has 404 valence electrons. The average Bonchev–Trinajstić information content (AvgIpc) is 3.73. The van der Waals surface area contributed by atoms with Gasteiger partial charge in [0.2, 0.25) is 0 Å². The van der Waals surface area contributed by atoms with E-state index in [1.54, 1.807) is 0 Å². The highest BCUT2D eigenvalue weighted by atomic mass is 35.5. The van der Waals surface area contributed by atoms with E-state index in [0.717, 1.165) is 73.0 Å². The number of esters is 1. The fourth-order valence-corrected chi connectivity index (χ4v) is 6.75. The number of carbonyl (C=O) groups is 4. The normalized spacial score (nSPS) is 10.9. The number of carboxylic acid groups (broad SMARTS) is 1. The van der Waals surface area contributed by atoms with E-state index in [1.165, 1.54) is 12.1 Å². The Balaban J connectivity index is 0.000000230. The van der Waals surface area contributed by atoms with E-state index in [-0.39, 0.29) is 150 Å². The van der Waals surface area contributed by atoms with Gasteiger partial charge < -0.3 is 112 Å². The Hall–Kier alpha value is -11.6. The molecule has 5 heterocycles. The number of furan rings is 1. The molecule has 0 fully saturated rings. The third-order valence-corrected chi connectivity index (χ3v) is 9.58. The van der Waals surface area contributed by atoms with Gasteiger partial charge in [-0.3, -0.25) is 19.2 Å². The first-order chi connectivity index (χ1) is 36.3. The number of phenolic OH excluding ortho intramolecular Hbond substituents is 11. The fourth-order valence-electron chi connectivity index (χ4n) is 6.75. The molecule has 4 aromatic heterocycles. The number of nitrogens with one attached hydrogen (secondary N) is 1. The monoisotopic (exact) mass is 1100 g/mol. The van der Waals surface area contributed by atoms with Crippen molar-refractivity contribution in [3.63, 3.8) is 0 Å². The van der Waals surface area contributed by atoms with Crippen molar-refractivity contribution in [2.45, 2.75) is 12.8 Å². The molecule has 10 rings (SSSR count). The van der Waals surface area contributed by atoms with Crippen LogP contribution in [-0.4, -0.2) is 102 Å². The van der Waals surface area contributed by atoms with Crippen LogP contribution in [0.2, 0.25) is 0 Å². The zero-order valence-corrected chi connectivity index (χ0v) is 39.3. The fraction of sp³-hybridized carbons (Fsp3) is 0.0408. The molecule has 0 amide bonds. The van der Waals surface area contributed by atoms with Gasteiger partial charge in [0.25, 0.3) is 0 Å². The molecule has 9 aromatic rings. The zero-order chi connectivity index (χ0) is 57.2. The van der Waals surface area contributed by atoms with Crippen LogP contribution in [0.1, 0.15) is 18.4 Å². The van der Waals surface area contributed by atoms with E-state index in [0.29, 0.717) is 0 Å². The molecule has 0 atom stereocenters. The van der Waals surface area contributed by atoms with Gasteiger partial charge in [-0.15, -0.1) is 0 Å². The van der Waals surface area contributed by atoms with Crippen LogP contribution in [0.15, 0.2) is 111 Å². The Morgan fingerprint density at radius 3 is 1.49 bits per heavy atom. The molecule has 0 bridgehead atoms. The number of ether oxygens (including phenoxy) is 1. The van der Waals surface area contributed by atoms with Gasteiger partial charge in [0.05, 0.1) is 29.8 Å². The number of aromatic hydroxyl groups is 13. The summed E-state index contributed by atoms with van der Waals surface area (Å²) in [6, 6.07) is 14.3. The predicted molar refractivity (Wildman–Crippen MR) is 258 cm³/mol. The maximum atomic E-state index is 12.6. The average molecular weight is 1100 g/mol. The molecule has 78 heavy (non-hydrogen) atoms. The first kappa shape index (κ1) is 59.0. The summed E-state index contributed by atoms with van der Waals surface area (Å²) in [6.45, 7) is 0. The van der Waals surface area contributed by atoms with Crippen molar-refractivity contribution in [1.82, 2.24) is 0 Å². The maximum absolute atomic E-state index is 12.6. The number of nitrogens with zero attached hydrogens (tertiary/aromatic N) is 1. The first-order valence-corrected chi connectivity index (χ1v) is 20.6. The van der Waals surface area contributed by atoms with Crippen LogP contribution in [0.5, 0.6) is 80.5 Å². The zero-order valence-electron chi connectivity index (χ0n) is 38.6. The number of carboxylic acids is 1. The van der Waals surface area contributed by atoms with Gasteiger partial charge >= 0.3 is 28.8 Å². The molecule has 0 radical (unpaired) electrons. The van der Waals surface area contributed by atoms with Gasteiger partial charge in [-0.1, -0.05) is 0 Å². The number of fused-ring (bicyclic) bond motifs is 6. The SMILES string of the molecule is N#CCC(=O)O.N=C1CC(=O)Oc2cc(O)cc(O)c21.O=CC=O.O=c1cc(O)c2c(O)cc(O)cc2o1.O=c1oc2cc(O)cc(O)c2c(O)c1-c1coc2c1c(=O)oc1cc(O)cc(O)c12.Oc1cc(O)cc(O)c1.[Cl-]. The van der Waals surface area contributed by atoms with Crippen LogP contribution in [0.4, 0.5) is 0 Å². The minimum absolute atomic E-state index is 0. The summed E-state index contributed by atoms with van der Waals surface area (Å²) in [7, 11) is 0. The van der Waals surface area contributed by atoms with Crippen molar-refractivity contribution in [3.05, 3.63) is 116 Å². The molecule has 1 aliphatic rings. The lowest BCUT2D eigenvalue weighted by atomic mass is 10.0. The third-order valence-electron chi connectivity index (χ3n) is 9.58. The Morgan fingerprint density at radius 1 is 0.551 bits per heavy atom. The van der Waals surface area contributed by atoms with Crippen LogP contribution in [0.3, 0.4) is 0 Å². The molecule has 15 N–H and O–H groups in total. The third kappa shape index (κ3) is 13.7. The molecule has 0 aliphatic carbocycles. The van der Waals surface area contributed by atoms with E-state index in [4.69, 9.17) is 68.9 Å². The molecule has 28 nitrogen and oxygen atoms in total. The molecule has 29 heteroatoms. The van der Waals surface area contributed by atoms with Crippen molar-refractivity contribution in [2.75, 3.05) is 0 Å². The summed E-state index contributed by atoms with van der Waals surface area (Å²) in [6.07, 6.45) is 0.813. The lowest BCUT2D eigenvalue weighted by molar-refractivity contribution is -0.136. The molecule has 5 aromatic carbocycles. The van der Waals surface area contributed by atoms with Crippen LogP contribution in [0.25, 0.3) is 55.0 Å². The van der Waals surface area contributed by atoms with Crippen LogP contribution >= 0.6 is 0 Å². The van der Waals surface area contributed by atoms with Crippen LogP contribution in [-0.2, 0) is 19.2 Å². The van der Waals surface area contributed by atoms with Crippen molar-refractivity contribution in [1.29, 1.82) is 10.7 Å². The van der Waals surface area contributed by atoms with Crippen LogP contribution in [0, 0.1) is 16.7 Å². The highest BCUT2D eigenvalue weighted by Gasteiger charge is 2.28. The number of hydrogen-bond acceptors (Lipinski definition) is 27. The molecular formula is C49H34ClN2O26-. The van der Waals surface area contributed by atoms with Crippen molar-refractivity contribution < 1.29 is 125 Å². The summed E-state index contributed by atoms with van der Waals surface area (Å²) in [5, 5.41) is 145. The van der Waals surface area contributed by atoms with E-state index >= 15 is 0 Å². The van der Waals surface area contributed by atoms with Crippen molar-refractivity contribution in [2.24, 2.45) is 0 Å². The Kier molecular flexibility index (Phi) is 18.8. The molecular weight excluding hydrogens is 1070 g/mol. The lowest BCUT2D eigenvalue weighted by Crippen LogP contribution is -3.00. The quantitative estimate of drug-likeness (QED) is 0.0393. The second kappa shape index (κ2) is 24.9. The second-order valence-corrected chi connectivity index (χ2v) is 15.0. The largest absolute Gasteiger partial charge is 1.00 e. The number of aliphatic carboxylic acids is 1. The standard InChI is InChI=1S/C20H10O10.C9H7NO4.C9H6O5.C6H6O3.C3H3NO2.C2H2O2.ClH/c21-6-1-9(23)15-11(3-6)29-19(26)13(17(15)25)8-5-28-18-14(8)20(27)30-12-4-7(22)2-10(24)16(12)18;10-5-3-8(13)14-7-2-4(11)1-6(12)9(5)7;10-4-1-5(11)9-6(12)3-8(13)14-7(9)2-4;7-4-1-5(8)3-6(9)2-4;4-2-1-3(5)6;3-1-2-4;/h1-5,21-25H;1-2,10-12H,3H2;1-3,10-12H;1-3,7-9H;1H2,(H,5,6);1-2H;1H/p-1. The summed E-state index contributed by atoms with van der Waals surface area (Å²) in [5.41, 5.74) is -3.99. The summed E-state index contributed by atoms with van der Waals surface area (Å²) in [5.74, 6) is -5.93. The minimum atomic E-state index is -1.08. The van der Waals surface area contributed by atoms with E-state index < -0.39 is 63.8 Å². The van der Waals surface area contributed by atoms with Crippen molar-refractivity contribution in [3.8, 4) is 97.7 Å². The summed E-state index contributed by atoms with van der Waals surface area (Å²) in [4.78, 5) is 73.9. The van der Waals surface area contributed by atoms with E-state index in [2.05, 4.69) is 4.42 Å². The van der Waals surface area contributed by atoms with Gasteiger partial charge in [-0.2, -0.15) is 5.26 Å². The number of hydrogen-bond donors (Lipinski definition) is 15. The van der Waals surface area contributed by atoms with Crippen molar-refractivity contribution >= 4 is 74.1 Å². The molecule has 0 unspecified atom stereocenters. The summed E-state index contributed by atoms with van der Waals surface area (Å²) >= 11 is 0. The Bertz CT molecular complexity index is 4000. The lowest BCUT2D eigenvalue weighted by Gasteiger charge is -2.17. The second-order valence-electron chi connectivity index (χ2n) is 15.0.